The molecule has 34 heavy (non-hydrogen) atoms. The molecule has 6 heteroatoms. The van der Waals surface area contributed by atoms with Gasteiger partial charge in [-0.15, -0.1) is 11.8 Å². The molecule has 1 heterocycles. The summed E-state index contributed by atoms with van der Waals surface area (Å²) in [5, 5.41) is 3.89. The minimum atomic E-state index is -0.196. The summed E-state index contributed by atoms with van der Waals surface area (Å²) in [4.78, 5) is 13.9. The number of benzene rings is 3. The van der Waals surface area contributed by atoms with Crippen LogP contribution in [0, 0.1) is 0 Å². The molecule has 174 valence electrons. The number of fused-ring (bicyclic) bond motifs is 1. The van der Waals surface area contributed by atoms with Gasteiger partial charge in [0, 0.05) is 39.2 Å². The van der Waals surface area contributed by atoms with E-state index in [1.807, 2.05) is 80.8 Å². The molecule has 5 nitrogen and oxygen atoms in total. The van der Waals surface area contributed by atoms with Crippen LogP contribution in [0.5, 0.6) is 11.5 Å². The van der Waals surface area contributed by atoms with Gasteiger partial charge in [0.15, 0.2) is 0 Å². The largest absolute Gasteiger partial charge is 0.497 e. The third-order valence-electron chi connectivity index (χ3n) is 5.47. The SMILES string of the molecule is CCOc1cc2occ(-c3cccc(OC)c3)c2cc1/C(C)=C/C(=O)Nc1cccc(SC)c1. The van der Waals surface area contributed by atoms with Crippen LogP contribution in [0.4, 0.5) is 5.69 Å². The van der Waals surface area contributed by atoms with Gasteiger partial charge in [-0.05, 0) is 67.6 Å². The van der Waals surface area contributed by atoms with E-state index in [1.54, 1.807) is 31.2 Å². The van der Waals surface area contributed by atoms with Crippen LogP contribution in [-0.2, 0) is 4.79 Å². The molecule has 0 atom stereocenters. The minimum Gasteiger partial charge on any atom is -0.497 e. The molecule has 0 aliphatic rings. The standard InChI is InChI=1S/C28H27NO4S/c1-5-32-26-16-27-24(25(17-33-27)19-8-6-10-21(13-19)31-3)15-23(26)18(2)12-28(30)29-20-9-7-11-22(14-20)34-4/h6-17H,5H2,1-4H3,(H,29,30)/b18-12+. The number of carbonyl (C=O) groups excluding carboxylic acids is 1. The third kappa shape index (κ3) is 5.13. The number of nitrogens with one attached hydrogen (secondary N) is 1. The van der Waals surface area contributed by atoms with Crippen LogP contribution in [0.2, 0.25) is 0 Å². The first-order valence-corrected chi connectivity index (χ1v) is 12.2. The Morgan fingerprint density at radius 2 is 1.94 bits per heavy atom. The van der Waals surface area contributed by atoms with Gasteiger partial charge >= 0.3 is 0 Å². The highest BCUT2D eigenvalue weighted by atomic mass is 32.2. The Bertz CT molecular complexity index is 1360. The highest BCUT2D eigenvalue weighted by molar-refractivity contribution is 7.98. The smallest absolute Gasteiger partial charge is 0.248 e. The number of hydrogen-bond donors (Lipinski definition) is 1. The first-order valence-electron chi connectivity index (χ1n) is 11.0. The van der Waals surface area contributed by atoms with Crippen LogP contribution in [0.1, 0.15) is 19.4 Å². The molecule has 3 aromatic carbocycles. The van der Waals surface area contributed by atoms with Gasteiger partial charge in [-0.2, -0.15) is 0 Å². The van der Waals surface area contributed by atoms with E-state index in [9.17, 15) is 4.79 Å². The summed E-state index contributed by atoms with van der Waals surface area (Å²) in [6, 6.07) is 19.5. The summed E-state index contributed by atoms with van der Waals surface area (Å²) < 4.78 is 17.1. The van der Waals surface area contributed by atoms with Crippen molar-refractivity contribution in [2.24, 2.45) is 0 Å². The fourth-order valence-corrected chi connectivity index (χ4v) is 4.27. The lowest BCUT2D eigenvalue weighted by molar-refractivity contribution is -0.111. The lowest BCUT2D eigenvalue weighted by Crippen LogP contribution is -2.08. The lowest BCUT2D eigenvalue weighted by atomic mass is 9.99. The number of hydrogen-bond acceptors (Lipinski definition) is 5. The van der Waals surface area contributed by atoms with Crippen LogP contribution >= 0.6 is 11.8 Å². The number of thioether (sulfide) groups is 1. The Morgan fingerprint density at radius 3 is 2.71 bits per heavy atom. The molecule has 1 N–H and O–H groups in total. The van der Waals surface area contributed by atoms with E-state index in [4.69, 9.17) is 13.9 Å². The lowest BCUT2D eigenvalue weighted by Gasteiger charge is -2.12. The number of amides is 1. The van der Waals surface area contributed by atoms with Crippen LogP contribution in [-0.4, -0.2) is 25.9 Å². The Hall–Kier alpha value is -3.64. The van der Waals surface area contributed by atoms with Gasteiger partial charge in [0.25, 0.3) is 0 Å². The van der Waals surface area contributed by atoms with Crippen molar-refractivity contribution in [1.82, 2.24) is 0 Å². The zero-order valence-electron chi connectivity index (χ0n) is 19.7. The number of rotatable bonds is 8. The number of furan rings is 1. The first kappa shape index (κ1) is 23.5. The molecule has 0 saturated carbocycles. The van der Waals surface area contributed by atoms with Crippen molar-refractivity contribution in [3.05, 3.63) is 78.6 Å². The average Bonchev–Trinajstić information content (AvgIpc) is 3.26. The van der Waals surface area contributed by atoms with Crippen LogP contribution in [0.25, 0.3) is 27.7 Å². The molecule has 0 spiro atoms. The Morgan fingerprint density at radius 1 is 1.12 bits per heavy atom. The van der Waals surface area contributed by atoms with E-state index >= 15 is 0 Å². The van der Waals surface area contributed by atoms with Gasteiger partial charge in [-0.1, -0.05) is 18.2 Å². The summed E-state index contributed by atoms with van der Waals surface area (Å²) in [6.45, 7) is 4.35. The minimum absolute atomic E-state index is 0.196. The zero-order valence-corrected chi connectivity index (χ0v) is 20.5. The van der Waals surface area contributed by atoms with Gasteiger partial charge < -0.3 is 19.2 Å². The third-order valence-corrected chi connectivity index (χ3v) is 6.19. The van der Waals surface area contributed by atoms with Crippen molar-refractivity contribution < 1.29 is 18.7 Å². The van der Waals surface area contributed by atoms with Crippen molar-refractivity contribution in [2.45, 2.75) is 18.7 Å². The predicted octanol–water partition coefficient (Wildman–Crippen LogP) is 7.27. The molecule has 0 bridgehead atoms. The number of methoxy groups -OCH3 is 1. The first-order chi connectivity index (χ1) is 16.5. The van der Waals surface area contributed by atoms with Crippen LogP contribution < -0.4 is 14.8 Å². The average molecular weight is 474 g/mol. The maximum absolute atomic E-state index is 12.8. The summed E-state index contributed by atoms with van der Waals surface area (Å²) in [5.74, 6) is 1.25. The molecule has 4 rings (SSSR count). The number of carbonyl (C=O) groups is 1. The van der Waals surface area contributed by atoms with E-state index in [0.29, 0.717) is 12.4 Å². The van der Waals surface area contributed by atoms with Crippen molar-refractivity contribution in [3.63, 3.8) is 0 Å². The normalized spacial score (nSPS) is 11.5. The summed E-state index contributed by atoms with van der Waals surface area (Å²) >= 11 is 1.63. The zero-order chi connectivity index (χ0) is 24.1. The predicted molar refractivity (Wildman–Crippen MR) is 140 cm³/mol. The topological polar surface area (TPSA) is 60.7 Å². The van der Waals surface area contributed by atoms with Gasteiger partial charge in [0.2, 0.25) is 5.91 Å². The van der Waals surface area contributed by atoms with E-state index < -0.39 is 0 Å². The second-order valence-electron chi connectivity index (χ2n) is 7.71. The van der Waals surface area contributed by atoms with Gasteiger partial charge in [-0.3, -0.25) is 4.79 Å². The highest BCUT2D eigenvalue weighted by Crippen LogP contribution is 2.38. The molecule has 0 radical (unpaired) electrons. The highest BCUT2D eigenvalue weighted by Gasteiger charge is 2.16. The molecular weight excluding hydrogens is 446 g/mol. The van der Waals surface area contributed by atoms with Crippen LogP contribution in [0.3, 0.4) is 0 Å². The van der Waals surface area contributed by atoms with Gasteiger partial charge in [-0.25, -0.2) is 0 Å². The summed E-state index contributed by atoms with van der Waals surface area (Å²) in [7, 11) is 1.65. The summed E-state index contributed by atoms with van der Waals surface area (Å²) in [6.07, 6.45) is 5.34. The van der Waals surface area contributed by atoms with Gasteiger partial charge in [0.1, 0.15) is 17.1 Å². The molecule has 0 aliphatic heterocycles. The maximum Gasteiger partial charge on any atom is 0.248 e. The molecule has 4 aromatic rings. The molecule has 1 aromatic heterocycles. The van der Waals surface area contributed by atoms with Crippen molar-refractivity contribution in [3.8, 4) is 22.6 Å². The fourth-order valence-electron chi connectivity index (χ4n) is 3.81. The molecule has 0 unspecified atom stereocenters. The fraction of sp³-hybridized carbons (Fsp3) is 0.179. The second-order valence-corrected chi connectivity index (χ2v) is 8.59. The van der Waals surface area contributed by atoms with Crippen molar-refractivity contribution in [1.29, 1.82) is 0 Å². The molecule has 1 amide bonds. The quantitative estimate of drug-likeness (QED) is 0.215. The van der Waals surface area contributed by atoms with E-state index in [-0.39, 0.29) is 5.91 Å². The van der Waals surface area contributed by atoms with E-state index in [2.05, 4.69) is 5.32 Å². The molecular formula is C28H27NO4S. The van der Waals surface area contributed by atoms with Crippen LogP contribution in [0.15, 0.2) is 82.3 Å². The Kier molecular flexibility index (Phi) is 7.28. The van der Waals surface area contributed by atoms with Crippen molar-refractivity contribution in [2.75, 3.05) is 25.3 Å². The van der Waals surface area contributed by atoms with E-state index in [1.165, 1.54) is 0 Å². The Labute approximate surface area is 203 Å². The Balaban J connectivity index is 1.71. The molecule has 0 saturated heterocycles. The number of anilines is 1. The molecule has 0 aliphatic carbocycles. The van der Waals surface area contributed by atoms with E-state index in [0.717, 1.165) is 49.6 Å². The maximum atomic E-state index is 12.8. The second kappa shape index (κ2) is 10.5. The number of ether oxygens (including phenoxy) is 2. The molecule has 0 fully saturated rings. The number of allylic oxidation sites excluding steroid dienone is 1. The van der Waals surface area contributed by atoms with Crippen molar-refractivity contribution >= 4 is 39.9 Å². The van der Waals surface area contributed by atoms with Gasteiger partial charge in [0.05, 0.1) is 20.0 Å². The monoisotopic (exact) mass is 473 g/mol. The summed E-state index contributed by atoms with van der Waals surface area (Å²) in [5.41, 5.74) is 5.05.